The van der Waals surface area contributed by atoms with Crippen molar-refractivity contribution in [2.75, 3.05) is 18.9 Å². The molecule has 0 fully saturated rings. The molecule has 172 valence electrons. The molecule has 31 heavy (non-hydrogen) atoms. The molecule has 0 radical (unpaired) electrons. The van der Waals surface area contributed by atoms with E-state index in [0.29, 0.717) is 30.5 Å². The molecule has 1 aromatic heterocycles. The van der Waals surface area contributed by atoms with Gasteiger partial charge in [0.1, 0.15) is 0 Å². The molecule has 6 nitrogen and oxygen atoms in total. The van der Waals surface area contributed by atoms with Gasteiger partial charge in [0.15, 0.2) is 11.7 Å². The number of nitrogens with one attached hydrogen (secondary N) is 3. The summed E-state index contributed by atoms with van der Waals surface area (Å²) in [5.41, 5.74) is 0.826. The highest BCUT2D eigenvalue weighted by atomic mass is 127. The molecule has 0 saturated heterocycles. The van der Waals surface area contributed by atoms with Crippen molar-refractivity contribution in [1.82, 2.24) is 15.6 Å². The van der Waals surface area contributed by atoms with Crippen molar-refractivity contribution in [3.63, 3.8) is 0 Å². The van der Waals surface area contributed by atoms with Gasteiger partial charge >= 0.3 is 6.18 Å². The molecule has 1 unspecified atom stereocenters. The van der Waals surface area contributed by atoms with E-state index in [1.807, 2.05) is 38.1 Å². The van der Waals surface area contributed by atoms with Crippen LogP contribution in [0, 0.1) is 5.92 Å². The first-order chi connectivity index (χ1) is 14.2. The zero-order valence-corrected chi connectivity index (χ0v) is 20.7. The topological polar surface area (TPSA) is 78.4 Å². The standard InChI is InChI=1S/C20H26F3N5OS.HI/c1-4-13(2)18(29)27-15-7-5-6-14(10-15)11-26-19(24-3)25-9-8-17-28-16(12-30-17)20(21,22)23;/h5-7,10,12-13H,4,8-9,11H2,1-3H3,(H,27,29)(H2,24,25,26);1H. The average molecular weight is 569 g/mol. The van der Waals surface area contributed by atoms with Gasteiger partial charge in [0.2, 0.25) is 5.91 Å². The number of hydrogen-bond acceptors (Lipinski definition) is 4. The van der Waals surface area contributed by atoms with E-state index >= 15 is 0 Å². The number of rotatable bonds is 8. The van der Waals surface area contributed by atoms with Gasteiger partial charge in [0.25, 0.3) is 0 Å². The molecule has 0 saturated carbocycles. The molecular weight excluding hydrogens is 542 g/mol. The first-order valence-electron chi connectivity index (χ1n) is 9.58. The Hall–Kier alpha value is -1.89. The number of benzene rings is 1. The number of nitrogens with zero attached hydrogens (tertiary/aromatic N) is 2. The molecule has 1 atom stereocenters. The normalized spacial score (nSPS) is 12.6. The number of aromatic nitrogens is 1. The number of hydrogen-bond donors (Lipinski definition) is 3. The number of alkyl halides is 3. The molecule has 2 aromatic rings. The summed E-state index contributed by atoms with van der Waals surface area (Å²) in [6.07, 6.45) is -3.28. The molecule has 1 heterocycles. The summed E-state index contributed by atoms with van der Waals surface area (Å²) in [5, 5.41) is 10.5. The van der Waals surface area contributed by atoms with Crippen molar-refractivity contribution < 1.29 is 18.0 Å². The molecule has 0 aliphatic rings. The van der Waals surface area contributed by atoms with E-state index in [2.05, 4.69) is 25.9 Å². The van der Waals surface area contributed by atoms with Gasteiger partial charge in [-0.1, -0.05) is 26.0 Å². The summed E-state index contributed by atoms with van der Waals surface area (Å²) in [6.45, 7) is 4.72. The highest BCUT2D eigenvalue weighted by molar-refractivity contribution is 14.0. The molecule has 3 N–H and O–H groups in total. The highest BCUT2D eigenvalue weighted by Crippen LogP contribution is 2.30. The second-order valence-electron chi connectivity index (χ2n) is 6.73. The van der Waals surface area contributed by atoms with Crippen molar-refractivity contribution in [3.05, 3.63) is 45.9 Å². The summed E-state index contributed by atoms with van der Waals surface area (Å²) >= 11 is 0.990. The Balaban J connectivity index is 0.00000480. The van der Waals surface area contributed by atoms with Crippen LogP contribution in [0.5, 0.6) is 0 Å². The van der Waals surface area contributed by atoms with Crippen LogP contribution >= 0.6 is 35.3 Å². The Morgan fingerprint density at radius 2 is 2.03 bits per heavy atom. The maximum atomic E-state index is 12.6. The number of guanidine groups is 1. The van der Waals surface area contributed by atoms with Crippen LogP contribution in [0.2, 0.25) is 0 Å². The van der Waals surface area contributed by atoms with E-state index in [1.165, 1.54) is 0 Å². The Labute approximate surface area is 201 Å². The van der Waals surface area contributed by atoms with E-state index in [1.54, 1.807) is 7.05 Å². The van der Waals surface area contributed by atoms with Crippen LogP contribution in [0.25, 0.3) is 0 Å². The fraction of sp³-hybridized carbons (Fsp3) is 0.450. The first-order valence-corrected chi connectivity index (χ1v) is 10.5. The lowest BCUT2D eigenvalue weighted by Gasteiger charge is -2.13. The van der Waals surface area contributed by atoms with E-state index in [-0.39, 0.29) is 35.8 Å². The van der Waals surface area contributed by atoms with Crippen LogP contribution in [0.4, 0.5) is 18.9 Å². The second-order valence-corrected chi connectivity index (χ2v) is 7.67. The van der Waals surface area contributed by atoms with Crippen LogP contribution in [0.15, 0.2) is 34.6 Å². The SMILES string of the molecule is CCC(C)C(=O)Nc1cccc(CNC(=NC)NCCc2nc(C(F)(F)F)cs2)c1.I. The van der Waals surface area contributed by atoms with Gasteiger partial charge < -0.3 is 16.0 Å². The average Bonchev–Trinajstić information content (AvgIpc) is 3.19. The number of aliphatic imine (C=N–C) groups is 1. The quantitative estimate of drug-likeness (QED) is 0.245. The lowest BCUT2D eigenvalue weighted by Crippen LogP contribution is -2.37. The molecule has 2 rings (SSSR count). The van der Waals surface area contributed by atoms with Crippen molar-refractivity contribution >= 4 is 52.9 Å². The zero-order valence-electron chi connectivity index (χ0n) is 17.5. The fourth-order valence-corrected chi connectivity index (χ4v) is 3.27. The minimum absolute atomic E-state index is 0. The van der Waals surface area contributed by atoms with Gasteiger partial charge in [-0.05, 0) is 24.1 Å². The maximum absolute atomic E-state index is 12.6. The lowest BCUT2D eigenvalue weighted by molar-refractivity contribution is -0.140. The smallest absolute Gasteiger partial charge is 0.356 e. The minimum Gasteiger partial charge on any atom is -0.356 e. The van der Waals surface area contributed by atoms with E-state index in [0.717, 1.165) is 34.4 Å². The predicted molar refractivity (Wildman–Crippen MR) is 129 cm³/mol. The third-order valence-corrected chi connectivity index (χ3v) is 5.32. The number of thiazole rings is 1. The summed E-state index contributed by atoms with van der Waals surface area (Å²) in [5.74, 6) is 0.451. The zero-order chi connectivity index (χ0) is 22.1. The van der Waals surface area contributed by atoms with Crippen LogP contribution in [0.1, 0.15) is 36.5 Å². The molecule has 0 spiro atoms. The van der Waals surface area contributed by atoms with Crippen molar-refractivity contribution in [2.45, 2.75) is 39.4 Å². The van der Waals surface area contributed by atoms with Crippen molar-refractivity contribution in [3.8, 4) is 0 Å². The highest BCUT2D eigenvalue weighted by Gasteiger charge is 2.33. The Morgan fingerprint density at radius 3 is 2.65 bits per heavy atom. The van der Waals surface area contributed by atoms with Crippen LogP contribution in [-0.2, 0) is 23.9 Å². The van der Waals surface area contributed by atoms with Gasteiger partial charge in [0.05, 0.1) is 5.01 Å². The first kappa shape index (κ1) is 27.1. The molecule has 0 bridgehead atoms. The molecule has 1 aromatic carbocycles. The van der Waals surface area contributed by atoms with Gasteiger partial charge in [-0.3, -0.25) is 9.79 Å². The fourth-order valence-electron chi connectivity index (χ4n) is 2.46. The van der Waals surface area contributed by atoms with Crippen LogP contribution in [-0.4, -0.2) is 30.4 Å². The summed E-state index contributed by atoms with van der Waals surface area (Å²) in [6, 6.07) is 7.50. The lowest BCUT2D eigenvalue weighted by atomic mass is 10.1. The molecule has 0 aliphatic carbocycles. The van der Waals surface area contributed by atoms with Gasteiger partial charge in [-0.25, -0.2) is 4.98 Å². The molecule has 11 heteroatoms. The van der Waals surface area contributed by atoms with Crippen molar-refractivity contribution in [2.24, 2.45) is 10.9 Å². The van der Waals surface area contributed by atoms with Crippen molar-refractivity contribution in [1.29, 1.82) is 0 Å². The minimum atomic E-state index is -4.41. The van der Waals surface area contributed by atoms with E-state index in [4.69, 9.17) is 0 Å². The third-order valence-electron chi connectivity index (χ3n) is 4.41. The number of halogens is 4. The number of carbonyl (C=O) groups excluding carboxylic acids is 1. The molecule has 0 aliphatic heterocycles. The number of carbonyl (C=O) groups is 1. The number of anilines is 1. The van der Waals surface area contributed by atoms with Gasteiger partial charge in [-0.15, -0.1) is 35.3 Å². The number of amides is 1. The monoisotopic (exact) mass is 569 g/mol. The predicted octanol–water partition coefficient (Wildman–Crippen LogP) is 4.67. The van der Waals surface area contributed by atoms with Crippen LogP contribution < -0.4 is 16.0 Å². The summed E-state index contributed by atoms with van der Waals surface area (Å²) < 4.78 is 37.8. The van der Waals surface area contributed by atoms with Crippen LogP contribution in [0.3, 0.4) is 0 Å². The van der Waals surface area contributed by atoms with E-state index < -0.39 is 11.9 Å². The summed E-state index contributed by atoms with van der Waals surface area (Å²) in [7, 11) is 1.61. The Kier molecular flexibility index (Phi) is 11.2. The van der Waals surface area contributed by atoms with Gasteiger partial charge in [-0.2, -0.15) is 13.2 Å². The third kappa shape index (κ3) is 9.01. The second kappa shape index (κ2) is 12.8. The Morgan fingerprint density at radius 1 is 1.29 bits per heavy atom. The van der Waals surface area contributed by atoms with Gasteiger partial charge in [0, 0.05) is 43.5 Å². The maximum Gasteiger partial charge on any atom is 0.434 e. The largest absolute Gasteiger partial charge is 0.434 e. The summed E-state index contributed by atoms with van der Waals surface area (Å²) in [4.78, 5) is 19.8. The molecule has 1 amide bonds. The van der Waals surface area contributed by atoms with E-state index in [9.17, 15) is 18.0 Å². The molecular formula is C20H27F3IN5OS. The Bertz CT molecular complexity index is 872.